The van der Waals surface area contributed by atoms with Gasteiger partial charge in [-0.05, 0) is 61.1 Å². The Balaban J connectivity index is 1.17. The number of rotatable bonds is 15. The normalized spacial score (nSPS) is 22.1. The third kappa shape index (κ3) is 8.83. The molecule has 40 heavy (non-hydrogen) atoms. The van der Waals surface area contributed by atoms with Gasteiger partial charge in [0.25, 0.3) is 0 Å². The van der Waals surface area contributed by atoms with Crippen LogP contribution in [-0.2, 0) is 22.4 Å². The number of carbonyl (C=O) groups is 1. The van der Waals surface area contributed by atoms with Crippen molar-refractivity contribution in [2.75, 3.05) is 47.1 Å². The fraction of sp³-hybridized carbons (Fsp3) is 0.581. The van der Waals surface area contributed by atoms with E-state index in [-0.39, 0.29) is 25.0 Å². The molecular weight excluding hydrogens is 510 g/mol. The van der Waals surface area contributed by atoms with E-state index >= 15 is 0 Å². The number of methoxy groups -OCH3 is 2. The highest BCUT2D eigenvalue weighted by atomic mass is 16.5. The molecule has 0 aromatic heterocycles. The largest absolute Gasteiger partial charge is 0.493 e. The predicted molar refractivity (Wildman–Crippen MR) is 154 cm³/mol. The number of hydrogen-bond acceptors (Lipinski definition) is 8. The molecule has 4 atom stereocenters. The van der Waals surface area contributed by atoms with Gasteiger partial charge < -0.3 is 35.1 Å². The van der Waals surface area contributed by atoms with Crippen LogP contribution in [0.25, 0.3) is 0 Å². The number of carbonyl (C=O) groups excluding carboxylic acids is 1. The van der Waals surface area contributed by atoms with Gasteiger partial charge in [0.1, 0.15) is 18.5 Å². The second kappa shape index (κ2) is 15.2. The van der Waals surface area contributed by atoms with Gasteiger partial charge in [-0.15, -0.1) is 0 Å². The van der Waals surface area contributed by atoms with E-state index in [1.165, 1.54) is 24.8 Å². The van der Waals surface area contributed by atoms with Gasteiger partial charge in [-0.25, -0.2) is 0 Å². The molecule has 2 aromatic rings. The molecule has 0 radical (unpaired) electrons. The smallest absolute Gasteiger partial charge is 0.221 e. The number of nitrogens with one attached hydrogen (secondary N) is 1. The monoisotopic (exact) mass is 555 g/mol. The average molecular weight is 556 g/mol. The number of nitrogens with two attached hydrogens (primary N) is 1. The van der Waals surface area contributed by atoms with E-state index in [1.54, 1.807) is 26.4 Å². The Morgan fingerprint density at radius 2 is 1.80 bits per heavy atom. The van der Waals surface area contributed by atoms with Gasteiger partial charge in [-0.1, -0.05) is 31.0 Å². The molecule has 1 saturated carbocycles. The summed E-state index contributed by atoms with van der Waals surface area (Å²) in [5.41, 5.74) is 7.26. The van der Waals surface area contributed by atoms with Crippen LogP contribution in [0.3, 0.4) is 0 Å². The maximum atomic E-state index is 11.0. The zero-order valence-electron chi connectivity index (χ0n) is 23.8. The Morgan fingerprint density at radius 1 is 1.05 bits per heavy atom. The molecule has 2 fully saturated rings. The molecule has 4 rings (SSSR count). The molecule has 1 heterocycles. The summed E-state index contributed by atoms with van der Waals surface area (Å²) in [4.78, 5) is 13.6. The lowest BCUT2D eigenvalue weighted by molar-refractivity contribution is -0.117. The Labute approximate surface area is 237 Å². The molecular formula is C31H45N3O6. The molecule has 1 amide bonds. The van der Waals surface area contributed by atoms with Gasteiger partial charge in [0.05, 0.1) is 33.4 Å². The fourth-order valence-corrected chi connectivity index (χ4v) is 5.77. The third-order valence-corrected chi connectivity index (χ3v) is 7.91. The van der Waals surface area contributed by atoms with E-state index in [9.17, 15) is 9.90 Å². The van der Waals surface area contributed by atoms with E-state index in [4.69, 9.17) is 24.7 Å². The highest BCUT2D eigenvalue weighted by molar-refractivity contribution is 5.76. The van der Waals surface area contributed by atoms with Crippen LogP contribution in [0.2, 0.25) is 0 Å². The van der Waals surface area contributed by atoms with E-state index in [0.29, 0.717) is 31.0 Å². The molecule has 1 saturated heterocycles. The number of aliphatic hydroxyl groups is 1. The van der Waals surface area contributed by atoms with Crippen molar-refractivity contribution < 1.29 is 28.8 Å². The number of hydrogen-bond donors (Lipinski definition) is 3. The van der Waals surface area contributed by atoms with Crippen molar-refractivity contribution in [3.8, 4) is 17.2 Å². The number of ether oxygens (including phenoxy) is 4. The molecule has 1 unspecified atom stereocenters. The number of aliphatic hydroxyl groups excluding tert-OH is 1. The molecule has 1 aliphatic carbocycles. The van der Waals surface area contributed by atoms with Gasteiger partial charge in [-0.3, -0.25) is 9.69 Å². The van der Waals surface area contributed by atoms with E-state index in [0.717, 1.165) is 49.4 Å². The molecule has 220 valence electrons. The summed E-state index contributed by atoms with van der Waals surface area (Å²) in [6.07, 6.45) is 6.48. The average Bonchev–Trinajstić information content (AvgIpc) is 3.44. The topological polar surface area (TPSA) is 116 Å². The Morgan fingerprint density at radius 3 is 2.55 bits per heavy atom. The lowest BCUT2D eigenvalue weighted by Crippen LogP contribution is -2.47. The van der Waals surface area contributed by atoms with Crippen molar-refractivity contribution >= 4 is 5.91 Å². The van der Waals surface area contributed by atoms with Crippen LogP contribution in [0.5, 0.6) is 17.2 Å². The van der Waals surface area contributed by atoms with Gasteiger partial charge in [0.2, 0.25) is 5.91 Å². The molecule has 2 aromatic carbocycles. The van der Waals surface area contributed by atoms with Crippen LogP contribution in [0.4, 0.5) is 0 Å². The lowest BCUT2D eigenvalue weighted by atomic mass is 9.91. The molecule has 0 spiro atoms. The maximum Gasteiger partial charge on any atom is 0.221 e. The third-order valence-electron chi connectivity index (χ3n) is 7.91. The zero-order chi connectivity index (χ0) is 28.3. The predicted octanol–water partition coefficient (Wildman–Crippen LogP) is 2.71. The minimum atomic E-state index is -0.610. The van der Waals surface area contributed by atoms with Gasteiger partial charge in [0, 0.05) is 31.7 Å². The quantitative estimate of drug-likeness (QED) is 0.307. The summed E-state index contributed by atoms with van der Waals surface area (Å²) in [5, 5.41) is 14.0. The Bertz CT molecular complexity index is 1070. The second-order valence-corrected chi connectivity index (χ2v) is 10.8. The molecule has 9 heteroatoms. The summed E-state index contributed by atoms with van der Waals surface area (Å²) >= 11 is 0. The molecule has 1 aliphatic heterocycles. The van der Waals surface area contributed by atoms with E-state index in [1.807, 2.05) is 24.3 Å². The Hall–Kier alpha value is -2.85. The molecule has 9 nitrogen and oxygen atoms in total. The highest BCUT2D eigenvalue weighted by Gasteiger charge is 2.35. The summed E-state index contributed by atoms with van der Waals surface area (Å²) in [6, 6.07) is 14.1. The van der Waals surface area contributed by atoms with Crippen molar-refractivity contribution in [3.63, 3.8) is 0 Å². The van der Waals surface area contributed by atoms with E-state index in [2.05, 4.69) is 16.3 Å². The van der Waals surface area contributed by atoms with Crippen molar-refractivity contribution in [3.05, 3.63) is 53.6 Å². The highest BCUT2D eigenvalue weighted by Crippen LogP contribution is 2.30. The number of amides is 1. The van der Waals surface area contributed by atoms with Gasteiger partial charge in [-0.2, -0.15) is 0 Å². The van der Waals surface area contributed by atoms with Gasteiger partial charge >= 0.3 is 0 Å². The van der Waals surface area contributed by atoms with Crippen molar-refractivity contribution in [2.24, 2.45) is 5.73 Å². The minimum absolute atomic E-state index is 0.206. The van der Waals surface area contributed by atoms with Crippen molar-refractivity contribution in [2.45, 2.75) is 69.2 Å². The van der Waals surface area contributed by atoms with Crippen molar-refractivity contribution in [1.29, 1.82) is 0 Å². The first-order valence-corrected chi connectivity index (χ1v) is 14.4. The first kappa shape index (κ1) is 30.1. The molecule has 0 bridgehead atoms. The van der Waals surface area contributed by atoms with Gasteiger partial charge in [0.15, 0.2) is 11.5 Å². The number of primary amides is 1. The lowest BCUT2D eigenvalue weighted by Gasteiger charge is -2.38. The number of benzene rings is 2. The zero-order valence-corrected chi connectivity index (χ0v) is 23.8. The number of nitrogens with zero attached hydrogens (tertiary/aromatic N) is 1. The SMILES string of the molecule is COc1ccc(CCO[C@@H]2CCCC[C@H]2N2CC[C@H](NCC(O)COc3ccc(CC(N)=O)cc3)C2)cc1OC. The Kier molecular flexibility index (Phi) is 11.5. The van der Waals surface area contributed by atoms with Crippen LogP contribution >= 0.6 is 0 Å². The molecule has 4 N–H and O–H groups in total. The van der Waals surface area contributed by atoms with Crippen LogP contribution in [0, 0.1) is 0 Å². The minimum Gasteiger partial charge on any atom is -0.493 e. The first-order chi connectivity index (χ1) is 19.4. The maximum absolute atomic E-state index is 11.0. The van der Waals surface area contributed by atoms with Crippen LogP contribution in [-0.4, -0.2) is 87.3 Å². The summed E-state index contributed by atoms with van der Waals surface area (Å²) < 4.78 is 23.0. The summed E-state index contributed by atoms with van der Waals surface area (Å²) in [6.45, 7) is 3.38. The second-order valence-electron chi connectivity index (χ2n) is 10.8. The number of likely N-dealkylation sites (tertiary alicyclic amines) is 1. The fourth-order valence-electron chi connectivity index (χ4n) is 5.77. The molecule has 2 aliphatic rings. The van der Waals surface area contributed by atoms with Crippen molar-refractivity contribution in [1.82, 2.24) is 10.2 Å². The van der Waals surface area contributed by atoms with Crippen LogP contribution in [0.1, 0.15) is 43.2 Å². The van der Waals surface area contributed by atoms with Crippen LogP contribution < -0.4 is 25.3 Å². The summed E-state index contributed by atoms with van der Waals surface area (Å²) in [7, 11) is 3.31. The standard InChI is InChI=1S/C31H45N3O6/c1-37-29-12-9-23(17-30(29)38-2)14-16-39-28-6-4-3-5-27(28)34-15-13-24(20-34)33-19-25(35)21-40-26-10-7-22(8-11-26)18-31(32)36/h7-12,17,24-25,27-28,33,35H,3-6,13-16,18-21H2,1-2H3,(H2,32,36)/t24-,25?,27+,28+/m0/s1. The van der Waals surface area contributed by atoms with Crippen LogP contribution in [0.15, 0.2) is 42.5 Å². The summed E-state index contributed by atoms with van der Waals surface area (Å²) in [5.74, 6) is 1.79. The first-order valence-electron chi connectivity index (χ1n) is 14.4. The van der Waals surface area contributed by atoms with E-state index < -0.39 is 6.10 Å².